The minimum absolute atomic E-state index is 0.276. The average molecular weight is 225 g/mol. The van der Waals surface area contributed by atoms with E-state index in [1.54, 1.807) is 0 Å². The van der Waals surface area contributed by atoms with Crippen LogP contribution in [0.1, 0.15) is 6.42 Å². The molecule has 2 saturated carbocycles. The van der Waals surface area contributed by atoms with Crippen molar-refractivity contribution >= 4 is 6.34 Å². The molecule has 4 nitrogen and oxygen atoms in total. The number of fused-ring (bicyclic) bond motifs is 5. The molecule has 0 unspecified atom stereocenters. The van der Waals surface area contributed by atoms with E-state index in [1.165, 1.54) is 6.42 Å². The summed E-state index contributed by atoms with van der Waals surface area (Å²) in [6.07, 6.45) is 4.02. The van der Waals surface area contributed by atoms with Crippen LogP contribution in [0.25, 0.3) is 0 Å². The largest absolute Gasteiger partial charge is 0.378 e. The minimum atomic E-state index is 0.276. The molecule has 16 heavy (non-hydrogen) atoms. The Kier molecular flexibility index (Phi) is 2.27. The van der Waals surface area contributed by atoms with Gasteiger partial charge in [0.2, 0.25) is 6.34 Å². The van der Waals surface area contributed by atoms with E-state index in [1.807, 2.05) is 14.2 Å². The number of hydrogen-bond acceptors (Lipinski definition) is 3. The number of methoxy groups -OCH3 is 2. The zero-order chi connectivity index (χ0) is 11.4. The lowest BCUT2D eigenvalue weighted by atomic mass is 9.86. The van der Waals surface area contributed by atoms with Crippen molar-refractivity contribution in [2.75, 3.05) is 28.3 Å². The van der Waals surface area contributed by atoms with Crippen molar-refractivity contribution in [2.24, 2.45) is 11.8 Å². The lowest BCUT2D eigenvalue weighted by Gasteiger charge is -2.35. The van der Waals surface area contributed by atoms with Crippen LogP contribution in [-0.2, 0) is 9.47 Å². The summed E-state index contributed by atoms with van der Waals surface area (Å²) in [5, 5.41) is 0. The third-order valence-corrected chi connectivity index (χ3v) is 4.79. The predicted octanol–water partition coefficient (Wildman–Crippen LogP) is 0.0193. The van der Waals surface area contributed by atoms with Gasteiger partial charge in [0.1, 0.15) is 12.1 Å². The van der Waals surface area contributed by atoms with E-state index in [4.69, 9.17) is 9.47 Å². The number of likely N-dealkylation sites (N-methyl/N-ethyl adjacent to an activating group) is 2. The molecule has 2 aliphatic carbocycles. The van der Waals surface area contributed by atoms with Gasteiger partial charge in [-0.2, -0.15) is 0 Å². The third-order valence-electron chi connectivity index (χ3n) is 4.79. The Morgan fingerprint density at radius 3 is 2.44 bits per heavy atom. The second-order valence-corrected chi connectivity index (χ2v) is 5.39. The van der Waals surface area contributed by atoms with Gasteiger partial charge in [-0.05, 0) is 6.42 Å². The second kappa shape index (κ2) is 3.44. The highest BCUT2D eigenvalue weighted by Gasteiger charge is 2.65. The first-order valence-electron chi connectivity index (χ1n) is 6.03. The molecule has 4 heteroatoms. The SMILES string of the molecule is CO[C@@H]1[C@@H]2C[C@H]([C@@H]1OC)[C@H]1[C@@H]2N(C)C=[N+]1C. The molecule has 0 N–H and O–H groups in total. The van der Waals surface area contributed by atoms with E-state index in [0.29, 0.717) is 23.9 Å². The molecule has 0 saturated heterocycles. The monoisotopic (exact) mass is 225 g/mol. The molecule has 1 heterocycles. The van der Waals surface area contributed by atoms with E-state index in [-0.39, 0.29) is 12.2 Å². The van der Waals surface area contributed by atoms with Crippen LogP contribution in [0, 0.1) is 11.8 Å². The number of nitrogens with zero attached hydrogens (tertiary/aromatic N) is 2. The van der Waals surface area contributed by atoms with Crippen molar-refractivity contribution in [3.05, 3.63) is 0 Å². The highest BCUT2D eigenvalue weighted by molar-refractivity contribution is 5.52. The van der Waals surface area contributed by atoms with Crippen LogP contribution in [0.5, 0.6) is 0 Å². The van der Waals surface area contributed by atoms with Gasteiger partial charge in [-0.1, -0.05) is 0 Å². The number of hydrogen-bond donors (Lipinski definition) is 0. The summed E-state index contributed by atoms with van der Waals surface area (Å²) in [5.41, 5.74) is 0. The molecule has 1 aliphatic heterocycles. The molecule has 0 amide bonds. The Morgan fingerprint density at radius 2 is 1.81 bits per heavy atom. The van der Waals surface area contributed by atoms with E-state index in [0.717, 1.165) is 0 Å². The highest BCUT2D eigenvalue weighted by Crippen LogP contribution is 2.51. The van der Waals surface area contributed by atoms with Gasteiger partial charge < -0.3 is 9.47 Å². The van der Waals surface area contributed by atoms with Gasteiger partial charge in [-0.3, -0.25) is 9.48 Å². The molecule has 0 aromatic carbocycles. The summed E-state index contributed by atoms with van der Waals surface area (Å²) < 4.78 is 13.7. The average Bonchev–Trinajstić information content (AvgIpc) is 2.88. The number of ether oxygens (including phenoxy) is 2. The fourth-order valence-electron chi connectivity index (χ4n) is 4.39. The minimum Gasteiger partial charge on any atom is -0.378 e. The fourth-order valence-corrected chi connectivity index (χ4v) is 4.39. The van der Waals surface area contributed by atoms with Crippen LogP contribution in [0.4, 0.5) is 0 Å². The zero-order valence-electron chi connectivity index (χ0n) is 10.5. The maximum absolute atomic E-state index is 5.66. The second-order valence-electron chi connectivity index (χ2n) is 5.39. The van der Waals surface area contributed by atoms with Crippen molar-refractivity contribution in [3.8, 4) is 0 Å². The summed E-state index contributed by atoms with van der Waals surface area (Å²) in [7, 11) is 7.98. The molecule has 0 spiro atoms. The Labute approximate surface area is 96.8 Å². The van der Waals surface area contributed by atoms with Crippen LogP contribution in [-0.4, -0.2) is 68.4 Å². The summed E-state index contributed by atoms with van der Waals surface area (Å²) >= 11 is 0. The predicted molar refractivity (Wildman–Crippen MR) is 60.8 cm³/mol. The molecule has 3 rings (SSSR count). The zero-order valence-corrected chi connectivity index (χ0v) is 10.5. The van der Waals surface area contributed by atoms with Gasteiger partial charge in [0, 0.05) is 26.1 Å². The first kappa shape index (κ1) is 10.5. The molecular formula is C12H21N2O2+. The van der Waals surface area contributed by atoms with Crippen molar-refractivity contribution in [2.45, 2.75) is 30.7 Å². The lowest BCUT2D eigenvalue weighted by Crippen LogP contribution is -2.53. The van der Waals surface area contributed by atoms with E-state index in [2.05, 4.69) is 29.9 Å². The van der Waals surface area contributed by atoms with E-state index >= 15 is 0 Å². The quantitative estimate of drug-likeness (QED) is 0.619. The molecule has 0 aromatic heterocycles. The van der Waals surface area contributed by atoms with Crippen molar-refractivity contribution in [1.29, 1.82) is 0 Å². The standard InChI is InChI=1S/C12H21N2O2/c1-13-6-14(2)10-8-5-7(9(10)13)11(15-3)12(8)16-4/h6-12H,5H2,1-4H3/q+1/t7-,8+,9-,10+,11-,12+. The Bertz CT molecular complexity index is 331. The summed E-state index contributed by atoms with van der Waals surface area (Å²) in [6, 6.07) is 1.23. The van der Waals surface area contributed by atoms with Crippen LogP contribution < -0.4 is 0 Å². The molecular weight excluding hydrogens is 204 g/mol. The van der Waals surface area contributed by atoms with Crippen molar-refractivity contribution in [1.82, 2.24) is 4.90 Å². The Balaban J connectivity index is 1.93. The van der Waals surface area contributed by atoms with E-state index in [9.17, 15) is 0 Å². The maximum atomic E-state index is 5.66. The Hall–Kier alpha value is -0.610. The van der Waals surface area contributed by atoms with Gasteiger partial charge in [-0.15, -0.1) is 0 Å². The molecule has 6 atom stereocenters. The van der Waals surface area contributed by atoms with Crippen molar-refractivity contribution < 1.29 is 14.0 Å². The highest BCUT2D eigenvalue weighted by atomic mass is 16.5. The molecule has 2 fully saturated rings. The number of rotatable bonds is 2. The molecule has 90 valence electrons. The molecule has 0 radical (unpaired) electrons. The van der Waals surface area contributed by atoms with Crippen LogP contribution >= 0.6 is 0 Å². The molecule has 2 bridgehead atoms. The first-order valence-corrected chi connectivity index (χ1v) is 6.03. The summed E-state index contributed by atoms with van der Waals surface area (Å²) in [5.74, 6) is 1.24. The smallest absolute Gasteiger partial charge is 0.234 e. The van der Waals surface area contributed by atoms with Crippen LogP contribution in [0.2, 0.25) is 0 Å². The third kappa shape index (κ3) is 1.09. The Morgan fingerprint density at radius 1 is 1.19 bits per heavy atom. The van der Waals surface area contributed by atoms with Gasteiger partial charge >= 0.3 is 0 Å². The van der Waals surface area contributed by atoms with Gasteiger partial charge in [0.25, 0.3) is 0 Å². The van der Waals surface area contributed by atoms with Crippen molar-refractivity contribution in [3.63, 3.8) is 0 Å². The normalized spacial score (nSPS) is 49.8. The fraction of sp³-hybridized carbons (Fsp3) is 0.917. The first-order chi connectivity index (χ1) is 7.69. The molecule has 3 aliphatic rings. The summed E-state index contributed by atoms with van der Waals surface area (Å²) in [6.45, 7) is 0. The summed E-state index contributed by atoms with van der Waals surface area (Å²) in [4.78, 5) is 2.35. The van der Waals surface area contributed by atoms with Gasteiger partial charge in [0.05, 0.1) is 26.3 Å². The lowest BCUT2D eigenvalue weighted by molar-refractivity contribution is -0.538. The van der Waals surface area contributed by atoms with E-state index < -0.39 is 0 Å². The maximum Gasteiger partial charge on any atom is 0.234 e. The van der Waals surface area contributed by atoms with Gasteiger partial charge in [-0.25, -0.2) is 0 Å². The van der Waals surface area contributed by atoms with Crippen LogP contribution in [0.15, 0.2) is 0 Å². The topological polar surface area (TPSA) is 24.7 Å². The van der Waals surface area contributed by atoms with Gasteiger partial charge in [0.15, 0.2) is 0 Å². The molecule has 0 aromatic rings. The van der Waals surface area contributed by atoms with Crippen LogP contribution in [0.3, 0.4) is 0 Å².